The molecule has 0 aliphatic rings. The third kappa shape index (κ3) is 4.62. The Hall–Kier alpha value is -1.78. The molecule has 2 N–H and O–H groups in total. The van der Waals surface area contributed by atoms with Crippen LogP contribution in [0, 0.1) is 5.82 Å². The Bertz CT molecular complexity index is 613. The number of nitrogens with zero attached hydrogens (tertiary/aromatic N) is 1. The van der Waals surface area contributed by atoms with Gasteiger partial charge in [-0.2, -0.15) is 0 Å². The van der Waals surface area contributed by atoms with Crippen molar-refractivity contribution in [3.05, 3.63) is 71.0 Å². The molecule has 0 aliphatic heterocycles. The Labute approximate surface area is 130 Å². The van der Waals surface area contributed by atoms with E-state index in [2.05, 4.69) is 17.0 Å². The second-order valence-electron chi connectivity index (χ2n) is 5.14. The minimum Gasteiger partial charge on any atom is -0.389 e. The van der Waals surface area contributed by atoms with E-state index in [1.807, 2.05) is 25.2 Å². The zero-order valence-corrected chi connectivity index (χ0v) is 12.9. The largest absolute Gasteiger partial charge is 0.389 e. The van der Waals surface area contributed by atoms with E-state index in [9.17, 15) is 4.39 Å². The van der Waals surface area contributed by atoms with Crippen molar-refractivity contribution in [2.75, 3.05) is 13.6 Å². The number of benzene rings is 2. The van der Waals surface area contributed by atoms with Crippen LogP contribution in [0.15, 0.2) is 48.5 Å². The lowest BCUT2D eigenvalue weighted by Crippen LogP contribution is -2.21. The van der Waals surface area contributed by atoms with E-state index in [1.165, 1.54) is 11.6 Å². The molecular weight excluding hydrogens is 283 g/mol. The van der Waals surface area contributed by atoms with E-state index < -0.39 is 0 Å². The fraction of sp³-hybridized carbons (Fsp3) is 0.235. The summed E-state index contributed by atoms with van der Waals surface area (Å²) < 4.78 is 14.0. The van der Waals surface area contributed by atoms with Gasteiger partial charge in [0.05, 0.1) is 0 Å². The smallest absolute Gasteiger partial charge is 0.128 e. The van der Waals surface area contributed by atoms with Crippen molar-refractivity contribution in [3.63, 3.8) is 0 Å². The van der Waals surface area contributed by atoms with Gasteiger partial charge in [-0.1, -0.05) is 54.7 Å². The summed E-state index contributed by atoms with van der Waals surface area (Å²) >= 11 is 4.85. The highest BCUT2D eigenvalue weighted by atomic mass is 32.1. The van der Waals surface area contributed by atoms with Gasteiger partial charge in [0, 0.05) is 24.2 Å². The first-order chi connectivity index (χ1) is 10.1. The molecule has 0 fully saturated rings. The maximum absolute atomic E-state index is 14.0. The van der Waals surface area contributed by atoms with Crippen LogP contribution in [0.5, 0.6) is 0 Å². The predicted octanol–water partition coefficient (Wildman–Crippen LogP) is 3.13. The lowest BCUT2D eigenvalue weighted by Gasteiger charge is -2.17. The Kier molecular flexibility index (Phi) is 5.42. The molecule has 0 aliphatic carbocycles. The standard InChI is InChI=1S/C17H19FN2S/c1-20(10-9-13-5-3-2-4-6-13)12-15-8-7-14(17(19)21)11-16(15)18/h2-8,11H,9-10,12H2,1H3,(H2,19,21). The second kappa shape index (κ2) is 7.29. The first kappa shape index (κ1) is 15.6. The molecule has 0 aromatic heterocycles. The maximum Gasteiger partial charge on any atom is 0.128 e. The van der Waals surface area contributed by atoms with Gasteiger partial charge in [0.15, 0.2) is 0 Å². The fourth-order valence-corrected chi connectivity index (χ4v) is 2.29. The molecule has 4 heteroatoms. The molecule has 0 heterocycles. The Morgan fingerprint density at radius 3 is 2.52 bits per heavy atom. The maximum atomic E-state index is 14.0. The van der Waals surface area contributed by atoms with Gasteiger partial charge in [0.25, 0.3) is 0 Å². The number of thiocarbonyl (C=S) groups is 1. The van der Waals surface area contributed by atoms with Gasteiger partial charge >= 0.3 is 0 Å². The van der Waals surface area contributed by atoms with Crippen LogP contribution in [0.4, 0.5) is 4.39 Å². The molecule has 0 saturated carbocycles. The van der Waals surface area contributed by atoms with Gasteiger partial charge in [0.2, 0.25) is 0 Å². The van der Waals surface area contributed by atoms with Crippen LogP contribution in [0.3, 0.4) is 0 Å². The van der Waals surface area contributed by atoms with Gasteiger partial charge in [-0.05, 0) is 25.1 Å². The van der Waals surface area contributed by atoms with Gasteiger partial charge in [-0.15, -0.1) is 0 Å². The van der Waals surface area contributed by atoms with E-state index in [4.69, 9.17) is 18.0 Å². The van der Waals surface area contributed by atoms with Crippen molar-refractivity contribution in [2.24, 2.45) is 5.73 Å². The molecule has 0 amide bonds. The number of hydrogen-bond acceptors (Lipinski definition) is 2. The summed E-state index contributed by atoms with van der Waals surface area (Å²) in [7, 11) is 1.99. The molecule has 0 bridgehead atoms. The fourth-order valence-electron chi connectivity index (χ4n) is 2.16. The predicted molar refractivity (Wildman–Crippen MR) is 88.8 cm³/mol. The minimum absolute atomic E-state index is 0.220. The van der Waals surface area contributed by atoms with Crippen LogP contribution in [0.2, 0.25) is 0 Å². The molecule has 110 valence electrons. The summed E-state index contributed by atoms with van der Waals surface area (Å²) in [5.74, 6) is -0.258. The highest BCUT2D eigenvalue weighted by molar-refractivity contribution is 7.80. The summed E-state index contributed by atoms with van der Waals surface area (Å²) in [6, 6.07) is 15.2. The topological polar surface area (TPSA) is 29.3 Å². The van der Waals surface area contributed by atoms with Crippen molar-refractivity contribution < 1.29 is 4.39 Å². The molecule has 2 nitrogen and oxygen atoms in total. The highest BCUT2D eigenvalue weighted by Gasteiger charge is 2.08. The molecule has 0 saturated heterocycles. The zero-order valence-electron chi connectivity index (χ0n) is 12.1. The van der Waals surface area contributed by atoms with Crippen molar-refractivity contribution in [1.29, 1.82) is 0 Å². The van der Waals surface area contributed by atoms with Crippen LogP contribution in [-0.4, -0.2) is 23.5 Å². The molecule has 21 heavy (non-hydrogen) atoms. The summed E-state index contributed by atoms with van der Waals surface area (Å²) in [5.41, 5.74) is 8.01. The summed E-state index contributed by atoms with van der Waals surface area (Å²) in [6.07, 6.45) is 0.948. The first-order valence-electron chi connectivity index (χ1n) is 6.87. The summed E-state index contributed by atoms with van der Waals surface area (Å²) in [5, 5.41) is 0. The minimum atomic E-state index is -0.258. The van der Waals surface area contributed by atoms with Gasteiger partial charge in [-0.3, -0.25) is 0 Å². The molecule has 2 aromatic carbocycles. The van der Waals surface area contributed by atoms with Crippen LogP contribution in [0.1, 0.15) is 16.7 Å². The molecular formula is C17H19FN2S. The zero-order chi connectivity index (χ0) is 15.2. The van der Waals surface area contributed by atoms with E-state index in [1.54, 1.807) is 12.1 Å². The second-order valence-corrected chi connectivity index (χ2v) is 5.58. The van der Waals surface area contributed by atoms with Crippen LogP contribution in [-0.2, 0) is 13.0 Å². The van der Waals surface area contributed by atoms with Crippen molar-refractivity contribution in [1.82, 2.24) is 4.90 Å². The number of hydrogen-bond donors (Lipinski definition) is 1. The summed E-state index contributed by atoms with van der Waals surface area (Å²) in [4.78, 5) is 2.32. The quantitative estimate of drug-likeness (QED) is 0.831. The van der Waals surface area contributed by atoms with Crippen LogP contribution < -0.4 is 5.73 Å². The third-order valence-electron chi connectivity index (χ3n) is 3.40. The number of nitrogens with two attached hydrogens (primary N) is 1. The molecule has 0 atom stereocenters. The molecule has 2 aromatic rings. The Morgan fingerprint density at radius 1 is 1.19 bits per heavy atom. The third-order valence-corrected chi connectivity index (χ3v) is 3.64. The van der Waals surface area contributed by atoms with E-state index in [-0.39, 0.29) is 10.8 Å². The Balaban J connectivity index is 1.93. The summed E-state index contributed by atoms with van der Waals surface area (Å²) in [6.45, 7) is 1.44. The average molecular weight is 302 g/mol. The number of likely N-dealkylation sites (N-methyl/N-ethyl adjacent to an activating group) is 1. The van der Waals surface area contributed by atoms with E-state index in [0.717, 1.165) is 13.0 Å². The van der Waals surface area contributed by atoms with Crippen LogP contribution in [0.25, 0.3) is 0 Å². The van der Waals surface area contributed by atoms with Gasteiger partial charge < -0.3 is 10.6 Å². The lowest BCUT2D eigenvalue weighted by atomic mass is 10.1. The van der Waals surface area contributed by atoms with Crippen molar-refractivity contribution in [2.45, 2.75) is 13.0 Å². The van der Waals surface area contributed by atoms with Crippen molar-refractivity contribution >= 4 is 17.2 Å². The SMILES string of the molecule is CN(CCc1ccccc1)Cc1ccc(C(N)=S)cc1F. The van der Waals surface area contributed by atoms with E-state index >= 15 is 0 Å². The monoisotopic (exact) mass is 302 g/mol. The van der Waals surface area contributed by atoms with Crippen molar-refractivity contribution in [3.8, 4) is 0 Å². The first-order valence-corrected chi connectivity index (χ1v) is 7.28. The normalized spacial score (nSPS) is 10.8. The lowest BCUT2D eigenvalue weighted by molar-refractivity contribution is 0.325. The molecule has 0 spiro atoms. The molecule has 0 unspecified atom stereocenters. The number of rotatable bonds is 6. The number of halogens is 1. The molecule has 2 rings (SSSR count). The Morgan fingerprint density at radius 2 is 1.90 bits per heavy atom. The van der Waals surface area contributed by atoms with E-state index in [0.29, 0.717) is 17.7 Å². The molecule has 0 radical (unpaired) electrons. The highest BCUT2D eigenvalue weighted by Crippen LogP contribution is 2.13. The van der Waals surface area contributed by atoms with Gasteiger partial charge in [0.1, 0.15) is 10.8 Å². The van der Waals surface area contributed by atoms with Crippen LogP contribution >= 0.6 is 12.2 Å². The average Bonchev–Trinajstić information content (AvgIpc) is 2.48. The van der Waals surface area contributed by atoms with Gasteiger partial charge in [-0.25, -0.2) is 4.39 Å².